The fraction of sp³-hybridized carbons (Fsp3) is 0.667. The number of carbonyl (C=O) groups is 3. The van der Waals surface area contributed by atoms with Gasteiger partial charge >= 0.3 is 12.1 Å². The molecule has 1 fully saturated rings. The summed E-state index contributed by atoms with van der Waals surface area (Å²) >= 11 is 0. The number of nitrogens with one attached hydrogen (secondary N) is 2. The zero-order valence-corrected chi connectivity index (χ0v) is 22.0. The van der Waals surface area contributed by atoms with Gasteiger partial charge in [-0.15, -0.1) is 0 Å². The number of alkyl carbamates (subject to hydrolysis) is 1. The molecule has 8 heteroatoms. The molecular weight excluding hydrogens is 448 g/mol. The maximum absolute atomic E-state index is 13.0. The Hall–Kier alpha value is -2.61. The van der Waals surface area contributed by atoms with Crippen molar-refractivity contribution in [1.29, 1.82) is 0 Å². The molecule has 1 saturated carbocycles. The van der Waals surface area contributed by atoms with E-state index >= 15 is 0 Å². The number of hydrogen-bond acceptors (Lipinski definition) is 6. The van der Waals surface area contributed by atoms with Crippen molar-refractivity contribution in [3.8, 4) is 0 Å². The third-order valence-corrected chi connectivity index (χ3v) is 6.36. The Morgan fingerprint density at radius 3 is 2.46 bits per heavy atom. The number of carbonyl (C=O) groups excluding carboxylic acids is 3. The molecule has 0 bridgehead atoms. The molecule has 0 radical (unpaired) electrons. The first kappa shape index (κ1) is 28.6. The third kappa shape index (κ3) is 8.53. The molecule has 0 spiro atoms. The molecule has 0 aliphatic heterocycles. The Morgan fingerprint density at radius 1 is 1.11 bits per heavy atom. The number of hydrogen-bond donors (Lipinski definition) is 3. The highest BCUT2D eigenvalue weighted by Crippen LogP contribution is 2.41. The highest BCUT2D eigenvalue weighted by molar-refractivity contribution is 5.91. The fourth-order valence-corrected chi connectivity index (χ4v) is 4.72. The molecule has 3 N–H and O–H groups in total. The zero-order chi connectivity index (χ0) is 26.2. The maximum Gasteiger partial charge on any atom is 0.407 e. The molecule has 1 aliphatic rings. The van der Waals surface area contributed by atoms with Crippen molar-refractivity contribution in [2.24, 2.45) is 17.8 Å². The summed E-state index contributed by atoms with van der Waals surface area (Å²) in [5.41, 5.74) is -0.826. The molecule has 2 amide bonds. The van der Waals surface area contributed by atoms with Gasteiger partial charge in [-0.25, -0.2) is 9.59 Å². The van der Waals surface area contributed by atoms with Crippen LogP contribution in [0, 0.1) is 17.8 Å². The van der Waals surface area contributed by atoms with Gasteiger partial charge in [-0.05, 0) is 69.4 Å². The minimum Gasteiger partial charge on any atom is -0.460 e. The van der Waals surface area contributed by atoms with Gasteiger partial charge in [0.25, 0.3) is 5.91 Å². The van der Waals surface area contributed by atoms with Crippen LogP contribution in [0.4, 0.5) is 4.79 Å². The largest absolute Gasteiger partial charge is 0.460 e. The zero-order valence-electron chi connectivity index (χ0n) is 22.0. The number of amides is 2. The van der Waals surface area contributed by atoms with E-state index in [0.29, 0.717) is 30.9 Å². The van der Waals surface area contributed by atoms with E-state index in [9.17, 15) is 19.5 Å². The fourth-order valence-electron chi connectivity index (χ4n) is 4.72. The lowest BCUT2D eigenvalue weighted by Crippen LogP contribution is -2.56. The van der Waals surface area contributed by atoms with E-state index in [4.69, 9.17) is 9.47 Å². The Morgan fingerprint density at radius 2 is 1.80 bits per heavy atom. The molecule has 1 aliphatic carbocycles. The smallest absolute Gasteiger partial charge is 0.407 e. The quantitative estimate of drug-likeness (QED) is 0.358. The molecule has 196 valence electrons. The molecule has 8 nitrogen and oxygen atoms in total. The van der Waals surface area contributed by atoms with Crippen LogP contribution in [0.3, 0.4) is 0 Å². The van der Waals surface area contributed by atoms with E-state index in [-0.39, 0.29) is 30.9 Å². The number of esters is 1. The number of benzene rings is 1. The molecule has 0 saturated heterocycles. The Bertz CT molecular complexity index is 879. The average molecular weight is 491 g/mol. The first-order chi connectivity index (χ1) is 16.3. The minimum atomic E-state index is -1.37. The van der Waals surface area contributed by atoms with E-state index in [1.807, 2.05) is 26.0 Å². The molecule has 1 aromatic rings. The van der Waals surface area contributed by atoms with Crippen LogP contribution in [0.25, 0.3) is 0 Å². The number of rotatable bonds is 9. The SMILES string of the molecule is CC(C)[C@@H]1CC[C@@H](C)C[C@@]1(O)C(=O)NCCc1ccccc1C(=O)OCCNC(=O)OC(C)(C)C. The Balaban J connectivity index is 1.89. The predicted molar refractivity (Wildman–Crippen MR) is 134 cm³/mol. The van der Waals surface area contributed by atoms with Crippen LogP contribution in [0.15, 0.2) is 24.3 Å². The van der Waals surface area contributed by atoms with Gasteiger partial charge in [0.1, 0.15) is 17.8 Å². The van der Waals surface area contributed by atoms with Gasteiger partial charge in [0.05, 0.1) is 12.1 Å². The van der Waals surface area contributed by atoms with E-state index in [1.165, 1.54) is 0 Å². The lowest BCUT2D eigenvalue weighted by molar-refractivity contribution is -0.155. The van der Waals surface area contributed by atoms with Gasteiger partial charge in [0.15, 0.2) is 0 Å². The summed E-state index contributed by atoms with van der Waals surface area (Å²) in [7, 11) is 0. The van der Waals surface area contributed by atoms with Crippen LogP contribution in [0.5, 0.6) is 0 Å². The average Bonchev–Trinajstić information content (AvgIpc) is 2.75. The van der Waals surface area contributed by atoms with Crippen LogP contribution in [0.1, 0.15) is 76.7 Å². The lowest BCUT2D eigenvalue weighted by Gasteiger charge is -2.43. The normalized spacial score (nSPS) is 22.4. The van der Waals surface area contributed by atoms with Crippen molar-refractivity contribution in [3.63, 3.8) is 0 Å². The van der Waals surface area contributed by atoms with Gasteiger partial charge in [0, 0.05) is 6.54 Å². The third-order valence-electron chi connectivity index (χ3n) is 6.36. The van der Waals surface area contributed by atoms with E-state index in [1.54, 1.807) is 32.9 Å². The summed E-state index contributed by atoms with van der Waals surface area (Å²) in [4.78, 5) is 37.3. The number of ether oxygens (including phenoxy) is 2. The van der Waals surface area contributed by atoms with Crippen LogP contribution in [-0.4, -0.2) is 54.0 Å². The Kier molecular flexibility index (Phi) is 10.1. The van der Waals surface area contributed by atoms with E-state index < -0.39 is 23.3 Å². The first-order valence-electron chi connectivity index (χ1n) is 12.6. The van der Waals surface area contributed by atoms with Gasteiger partial charge in [-0.3, -0.25) is 4.79 Å². The van der Waals surface area contributed by atoms with E-state index in [0.717, 1.165) is 18.4 Å². The second-order valence-corrected chi connectivity index (χ2v) is 10.9. The van der Waals surface area contributed by atoms with Crippen LogP contribution in [-0.2, 0) is 20.7 Å². The van der Waals surface area contributed by atoms with Gasteiger partial charge in [0.2, 0.25) is 0 Å². The monoisotopic (exact) mass is 490 g/mol. The van der Waals surface area contributed by atoms with Crippen LogP contribution >= 0.6 is 0 Å². The minimum absolute atomic E-state index is 0.00491. The van der Waals surface area contributed by atoms with Crippen LogP contribution in [0.2, 0.25) is 0 Å². The topological polar surface area (TPSA) is 114 Å². The first-order valence-corrected chi connectivity index (χ1v) is 12.6. The summed E-state index contributed by atoms with van der Waals surface area (Å²) in [5, 5.41) is 16.7. The van der Waals surface area contributed by atoms with Crippen LogP contribution < -0.4 is 10.6 Å². The van der Waals surface area contributed by atoms with Crippen molar-refractivity contribution >= 4 is 18.0 Å². The summed E-state index contributed by atoms with van der Waals surface area (Å²) in [6.45, 7) is 11.9. The molecule has 2 rings (SSSR count). The summed E-state index contributed by atoms with van der Waals surface area (Å²) < 4.78 is 10.4. The summed E-state index contributed by atoms with van der Waals surface area (Å²) in [6, 6.07) is 7.06. The van der Waals surface area contributed by atoms with Gasteiger partial charge < -0.3 is 25.2 Å². The molecule has 1 aromatic carbocycles. The lowest BCUT2D eigenvalue weighted by atomic mass is 9.66. The predicted octanol–water partition coefficient (Wildman–Crippen LogP) is 3.85. The van der Waals surface area contributed by atoms with Crippen molar-refractivity contribution in [2.75, 3.05) is 19.7 Å². The molecule has 0 aromatic heterocycles. The van der Waals surface area contributed by atoms with Crippen molar-refractivity contribution in [1.82, 2.24) is 10.6 Å². The summed E-state index contributed by atoms with van der Waals surface area (Å²) in [5.74, 6) is -0.414. The highest BCUT2D eigenvalue weighted by atomic mass is 16.6. The molecule has 0 heterocycles. The molecule has 0 unspecified atom stereocenters. The molecular formula is C27H42N2O6. The van der Waals surface area contributed by atoms with Crippen molar-refractivity contribution in [3.05, 3.63) is 35.4 Å². The van der Waals surface area contributed by atoms with Crippen molar-refractivity contribution in [2.45, 2.75) is 78.4 Å². The number of aliphatic hydroxyl groups is 1. The molecule has 3 atom stereocenters. The van der Waals surface area contributed by atoms with Crippen molar-refractivity contribution < 1.29 is 29.0 Å². The van der Waals surface area contributed by atoms with Gasteiger partial charge in [-0.2, -0.15) is 0 Å². The second-order valence-electron chi connectivity index (χ2n) is 10.9. The standard InChI is InChI=1S/C27H42N2O6/c1-18(2)22-12-11-19(3)17-27(22,33)24(31)28-14-13-20-9-7-8-10-21(20)23(30)34-16-15-29-25(32)35-26(4,5)6/h7-10,18-19,22,33H,11-17H2,1-6H3,(H,28,31)(H,29,32)/t19-,22+,27+/m1/s1. The Labute approximate surface area is 209 Å². The molecule has 35 heavy (non-hydrogen) atoms. The van der Waals surface area contributed by atoms with E-state index in [2.05, 4.69) is 17.6 Å². The second kappa shape index (κ2) is 12.4. The summed E-state index contributed by atoms with van der Waals surface area (Å²) in [6.07, 6.45) is 2.16. The highest BCUT2D eigenvalue weighted by Gasteiger charge is 2.48. The van der Waals surface area contributed by atoms with Gasteiger partial charge in [-0.1, -0.05) is 45.4 Å². The maximum atomic E-state index is 13.0.